The molecule has 1 aromatic carbocycles. The average Bonchev–Trinajstić information content (AvgIpc) is 3.26. The van der Waals surface area contributed by atoms with Crippen LogP contribution >= 0.6 is 0 Å². The third-order valence-corrected chi connectivity index (χ3v) is 6.38. The van der Waals surface area contributed by atoms with Crippen molar-refractivity contribution in [1.29, 1.82) is 0 Å². The highest BCUT2D eigenvalue weighted by molar-refractivity contribution is 5.97. The minimum atomic E-state index is -0.460. The molecule has 7 heteroatoms. The van der Waals surface area contributed by atoms with Gasteiger partial charge in [0, 0.05) is 59.7 Å². The topological polar surface area (TPSA) is 95.8 Å². The molecule has 0 aliphatic rings. The number of fused-ring (bicyclic) bond motifs is 1. The summed E-state index contributed by atoms with van der Waals surface area (Å²) < 4.78 is 3.76. The van der Waals surface area contributed by atoms with E-state index in [-0.39, 0.29) is 11.6 Å². The van der Waals surface area contributed by atoms with E-state index in [0.717, 1.165) is 39.0 Å². The van der Waals surface area contributed by atoms with Gasteiger partial charge in [-0.15, -0.1) is 0 Å². The molecule has 0 bridgehead atoms. The van der Waals surface area contributed by atoms with Gasteiger partial charge in [0.1, 0.15) is 0 Å². The highest BCUT2D eigenvalue weighted by atomic mass is 16.1. The number of carbonyl (C=O) groups excluding carboxylic acids is 1. The van der Waals surface area contributed by atoms with Crippen LogP contribution < -0.4 is 11.3 Å². The highest BCUT2D eigenvalue weighted by Crippen LogP contribution is 2.35. The van der Waals surface area contributed by atoms with Crippen LogP contribution in [0.25, 0.3) is 33.3 Å². The van der Waals surface area contributed by atoms with Gasteiger partial charge in [0.15, 0.2) is 0 Å². The fourth-order valence-corrected chi connectivity index (χ4v) is 4.43. The van der Waals surface area contributed by atoms with Gasteiger partial charge in [-0.2, -0.15) is 0 Å². The largest absolute Gasteiger partial charge is 0.366 e. The van der Waals surface area contributed by atoms with E-state index in [1.54, 1.807) is 29.9 Å². The molecule has 0 radical (unpaired) electrons. The summed E-state index contributed by atoms with van der Waals surface area (Å²) in [5.41, 5.74) is 13.0. The standard InChI is InChI=1S/C28H25N5O2/c1-17-12-22(15-32(3)28(17)35)21-13-25-26(31-14-21)23(19-7-9-20(10-8-19)27(29)34)16-33(25)18(2)24-6-4-5-11-30-24/h4-16,18H,1-3H3,(H2,29,34)/t18-/m0/s1. The van der Waals surface area contributed by atoms with E-state index >= 15 is 0 Å². The zero-order chi connectivity index (χ0) is 24.7. The second-order valence-electron chi connectivity index (χ2n) is 8.74. The Balaban J connectivity index is 1.72. The first-order valence-corrected chi connectivity index (χ1v) is 11.3. The van der Waals surface area contributed by atoms with Gasteiger partial charge in [-0.1, -0.05) is 18.2 Å². The molecule has 4 heterocycles. The number of primary amides is 1. The van der Waals surface area contributed by atoms with Crippen molar-refractivity contribution in [3.8, 4) is 22.3 Å². The Morgan fingerprint density at radius 3 is 2.40 bits per heavy atom. The van der Waals surface area contributed by atoms with Crippen molar-refractivity contribution in [2.75, 3.05) is 0 Å². The summed E-state index contributed by atoms with van der Waals surface area (Å²) in [4.78, 5) is 33.1. The fraction of sp³-hybridized carbons (Fsp3) is 0.143. The maximum absolute atomic E-state index is 12.2. The molecule has 0 aliphatic carbocycles. The van der Waals surface area contributed by atoms with Crippen LogP contribution in [0.4, 0.5) is 0 Å². The third-order valence-electron chi connectivity index (χ3n) is 6.38. The van der Waals surface area contributed by atoms with Gasteiger partial charge in [-0.05, 0) is 55.8 Å². The number of aryl methyl sites for hydroxylation is 2. The number of benzene rings is 1. The number of pyridine rings is 3. The van der Waals surface area contributed by atoms with Crippen LogP contribution in [-0.4, -0.2) is 25.0 Å². The maximum Gasteiger partial charge on any atom is 0.253 e. The molecule has 0 saturated heterocycles. The molecule has 2 N–H and O–H groups in total. The predicted octanol–water partition coefficient (Wildman–Crippen LogP) is 4.48. The molecule has 0 aliphatic heterocycles. The Labute approximate surface area is 202 Å². The van der Waals surface area contributed by atoms with Gasteiger partial charge < -0.3 is 14.9 Å². The second kappa shape index (κ2) is 8.68. The monoisotopic (exact) mass is 463 g/mol. The average molecular weight is 464 g/mol. The zero-order valence-corrected chi connectivity index (χ0v) is 19.8. The lowest BCUT2D eigenvalue weighted by atomic mass is 10.0. The summed E-state index contributed by atoms with van der Waals surface area (Å²) in [5, 5.41) is 0. The SMILES string of the molecule is Cc1cc(-c2cnc3c(-c4ccc(C(N)=O)cc4)cn([C@@H](C)c4ccccn4)c3c2)cn(C)c1=O. The molecule has 1 amide bonds. The van der Waals surface area contributed by atoms with Crippen molar-refractivity contribution in [1.82, 2.24) is 19.1 Å². The Morgan fingerprint density at radius 2 is 1.74 bits per heavy atom. The van der Waals surface area contributed by atoms with Crippen molar-refractivity contribution in [2.45, 2.75) is 19.9 Å². The lowest BCUT2D eigenvalue weighted by molar-refractivity contribution is 0.100. The van der Waals surface area contributed by atoms with Gasteiger partial charge in [0.25, 0.3) is 5.56 Å². The minimum absolute atomic E-state index is 0.0170. The molecule has 1 atom stereocenters. The molecule has 0 spiro atoms. The first-order chi connectivity index (χ1) is 16.8. The molecule has 0 unspecified atom stereocenters. The van der Waals surface area contributed by atoms with E-state index in [4.69, 9.17) is 10.7 Å². The predicted molar refractivity (Wildman–Crippen MR) is 137 cm³/mol. The summed E-state index contributed by atoms with van der Waals surface area (Å²) in [6.07, 6.45) is 7.53. The summed E-state index contributed by atoms with van der Waals surface area (Å²) >= 11 is 0. The van der Waals surface area contributed by atoms with E-state index in [1.807, 2.05) is 55.7 Å². The number of carbonyl (C=O) groups is 1. The van der Waals surface area contributed by atoms with Gasteiger partial charge in [0.2, 0.25) is 5.91 Å². The molecule has 5 aromatic rings. The molecule has 174 valence electrons. The first-order valence-electron chi connectivity index (χ1n) is 11.3. The van der Waals surface area contributed by atoms with E-state index in [0.29, 0.717) is 11.1 Å². The molecule has 35 heavy (non-hydrogen) atoms. The molecule has 0 fully saturated rings. The van der Waals surface area contributed by atoms with Crippen LogP contribution in [0.2, 0.25) is 0 Å². The molecular formula is C28H25N5O2. The summed E-state index contributed by atoms with van der Waals surface area (Å²) in [5.74, 6) is -0.460. The fourth-order valence-electron chi connectivity index (χ4n) is 4.43. The van der Waals surface area contributed by atoms with Gasteiger partial charge in [0.05, 0.1) is 22.8 Å². The highest BCUT2D eigenvalue weighted by Gasteiger charge is 2.19. The Kier molecular flexibility index (Phi) is 5.53. The van der Waals surface area contributed by atoms with Crippen LogP contribution in [0.3, 0.4) is 0 Å². The minimum Gasteiger partial charge on any atom is -0.366 e. The number of hydrogen-bond acceptors (Lipinski definition) is 4. The van der Waals surface area contributed by atoms with Crippen LogP contribution in [0.15, 0.2) is 84.2 Å². The lowest BCUT2D eigenvalue weighted by Gasteiger charge is -2.15. The van der Waals surface area contributed by atoms with Crippen molar-refractivity contribution in [3.05, 3.63) is 107 Å². The lowest BCUT2D eigenvalue weighted by Crippen LogP contribution is -2.18. The summed E-state index contributed by atoms with van der Waals surface area (Å²) in [7, 11) is 1.75. The van der Waals surface area contributed by atoms with E-state index in [2.05, 4.69) is 28.7 Å². The van der Waals surface area contributed by atoms with Gasteiger partial charge in [-0.3, -0.25) is 19.6 Å². The van der Waals surface area contributed by atoms with Gasteiger partial charge >= 0.3 is 0 Å². The Hall–Kier alpha value is -4.52. The van der Waals surface area contributed by atoms with Crippen LogP contribution in [0.5, 0.6) is 0 Å². The molecule has 0 saturated carbocycles. The summed E-state index contributed by atoms with van der Waals surface area (Å²) in [6, 6.07) is 17.1. The van der Waals surface area contributed by atoms with Crippen LogP contribution in [-0.2, 0) is 7.05 Å². The third kappa shape index (κ3) is 4.01. The van der Waals surface area contributed by atoms with E-state index in [1.165, 1.54) is 0 Å². The van der Waals surface area contributed by atoms with Crippen molar-refractivity contribution < 1.29 is 4.79 Å². The number of aromatic nitrogens is 4. The molecule has 5 rings (SSSR count). The van der Waals surface area contributed by atoms with Gasteiger partial charge in [-0.25, -0.2) is 0 Å². The van der Waals surface area contributed by atoms with E-state index in [9.17, 15) is 9.59 Å². The van der Waals surface area contributed by atoms with Crippen LogP contribution in [0, 0.1) is 6.92 Å². The van der Waals surface area contributed by atoms with Crippen molar-refractivity contribution in [2.24, 2.45) is 12.8 Å². The number of nitrogens with two attached hydrogens (primary N) is 1. The molecule has 7 nitrogen and oxygen atoms in total. The van der Waals surface area contributed by atoms with Crippen molar-refractivity contribution >= 4 is 16.9 Å². The van der Waals surface area contributed by atoms with E-state index < -0.39 is 5.91 Å². The number of amides is 1. The van der Waals surface area contributed by atoms with Crippen LogP contribution in [0.1, 0.15) is 34.6 Å². The number of hydrogen-bond donors (Lipinski definition) is 1. The zero-order valence-electron chi connectivity index (χ0n) is 19.8. The first kappa shape index (κ1) is 22.3. The smallest absolute Gasteiger partial charge is 0.253 e. The molecular weight excluding hydrogens is 438 g/mol. The Bertz CT molecular complexity index is 1590. The Morgan fingerprint density at radius 1 is 0.971 bits per heavy atom. The normalized spacial score (nSPS) is 12.1. The van der Waals surface area contributed by atoms with Crippen molar-refractivity contribution in [3.63, 3.8) is 0 Å². The summed E-state index contributed by atoms with van der Waals surface area (Å²) in [6.45, 7) is 3.92. The maximum atomic E-state index is 12.2. The quantitative estimate of drug-likeness (QED) is 0.416. The molecule has 4 aromatic heterocycles. The number of nitrogens with zero attached hydrogens (tertiary/aromatic N) is 4. The second-order valence-corrected chi connectivity index (χ2v) is 8.74. The number of rotatable bonds is 5.